The summed E-state index contributed by atoms with van der Waals surface area (Å²) >= 11 is 0. The summed E-state index contributed by atoms with van der Waals surface area (Å²) in [6, 6.07) is 2.51. The molecular formula is C15H20FN3O3S. The molecule has 0 aliphatic carbocycles. The third-order valence-corrected chi connectivity index (χ3v) is 4.73. The SMILES string of the molecule is C#CC(C)NS(=O)(=O)c1cc(F)ccc1NCC(=O)N(C)CC. The molecule has 0 spiro atoms. The van der Waals surface area contributed by atoms with E-state index in [0.717, 1.165) is 12.1 Å². The summed E-state index contributed by atoms with van der Waals surface area (Å²) < 4.78 is 40.3. The Kier molecular flexibility index (Phi) is 6.54. The van der Waals surface area contributed by atoms with E-state index in [1.165, 1.54) is 17.9 Å². The first kappa shape index (κ1) is 18.9. The van der Waals surface area contributed by atoms with E-state index in [1.807, 2.05) is 6.92 Å². The van der Waals surface area contributed by atoms with Crippen molar-refractivity contribution < 1.29 is 17.6 Å². The van der Waals surface area contributed by atoms with E-state index in [0.29, 0.717) is 6.54 Å². The van der Waals surface area contributed by atoms with Crippen molar-refractivity contribution in [1.82, 2.24) is 9.62 Å². The number of hydrogen-bond donors (Lipinski definition) is 2. The number of nitrogens with one attached hydrogen (secondary N) is 2. The highest BCUT2D eigenvalue weighted by Crippen LogP contribution is 2.22. The minimum Gasteiger partial charge on any atom is -0.375 e. The van der Waals surface area contributed by atoms with Gasteiger partial charge in [0.1, 0.15) is 10.7 Å². The second-order valence-corrected chi connectivity index (χ2v) is 6.59. The summed E-state index contributed by atoms with van der Waals surface area (Å²) in [5.74, 6) is 1.31. The lowest BCUT2D eigenvalue weighted by molar-refractivity contribution is -0.127. The summed E-state index contributed by atoms with van der Waals surface area (Å²) in [6.07, 6.45) is 5.16. The van der Waals surface area contributed by atoms with Crippen LogP contribution in [0, 0.1) is 18.2 Å². The fourth-order valence-corrected chi connectivity index (χ4v) is 3.03. The zero-order valence-electron chi connectivity index (χ0n) is 13.3. The molecule has 6 nitrogen and oxygen atoms in total. The Bertz CT molecular complexity index is 713. The topological polar surface area (TPSA) is 78.5 Å². The molecule has 1 atom stereocenters. The van der Waals surface area contributed by atoms with E-state index in [-0.39, 0.29) is 23.0 Å². The van der Waals surface area contributed by atoms with E-state index >= 15 is 0 Å². The molecule has 8 heteroatoms. The Hall–Kier alpha value is -2.11. The van der Waals surface area contributed by atoms with Crippen LogP contribution in [-0.2, 0) is 14.8 Å². The summed E-state index contributed by atoms with van der Waals surface area (Å²) in [5.41, 5.74) is 0.126. The Morgan fingerprint density at radius 1 is 1.48 bits per heavy atom. The van der Waals surface area contributed by atoms with Crippen molar-refractivity contribution in [3.63, 3.8) is 0 Å². The van der Waals surface area contributed by atoms with Gasteiger partial charge in [0.05, 0.1) is 18.3 Å². The molecule has 2 N–H and O–H groups in total. The van der Waals surface area contributed by atoms with Gasteiger partial charge in [0, 0.05) is 13.6 Å². The number of likely N-dealkylation sites (N-methyl/N-ethyl adjacent to an activating group) is 1. The van der Waals surface area contributed by atoms with Crippen LogP contribution in [-0.4, -0.2) is 45.4 Å². The third-order valence-electron chi connectivity index (χ3n) is 3.15. The van der Waals surface area contributed by atoms with Crippen molar-refractivity contribution in [2.75, 3.05) is 25.5 Å². The predicted octanol–water partition coefficient (Wildman–Crippen LogP) is 1.02. The van der Waals surface area contributed by atoms with E-state index in [9.17, 15) is 17.6 Å². The Morgan fingerprint density at radius 2 is 2.13 bits per heavy atom. The van der Waals surface area contributed by atoms with Gasteiger partial charge in [-0.1, -0.05) is 5.92 Å². The van der Waals surface area contributed by atoms with E-state index in [2.05, 4.69) is 16.0 Å². The van der Waals surface area contributed by atoms with Crippen molar-refractivity contribution in [3.05, 3.63) is 24.0 Å². The molecule has 0 saturated heterocycles. The van der Waals surface area contributed by atoms with Crippen molar-refractivity contribution in [2.24, 2.45) is 0 Å². The first-order chi connectivity index (χ1) is 10.7. The normalized spacial score (nSPS) is 12.3. The van der Waals surface area contributed by atoms with Gasteiger partial charge < -0.3 is 10.2 Å². The molecule has 1 rings (SSSR count). The smallest absolute Gasteiger partial charge is 0.243 e. The third kappa shape index (κ3) is 5.23. The van der Waals surface area contributed by atoms with Gasteiger partial charge in [0.25, 0.3) is 0 Å². The van der Waals surface area contributed by atoms with Crippen LogP contribution in [0.15, 0.2) is 23.1 Å². The molecule has 23 heavy (non-hydrogen) atoms. The lowest BCUT2D eigenvalue weighted by Gasteiger charge is -2.17. The minimum atomic E-state index is -4.02. The molecule has 0 heterocycles. The van der Waals surface area contributed by atoms with Gasteiger partial charge in [-0.05, 0) is 32.0 Å². The molecule has 0 aliphatic heterocycles. The number of amides is 1. The maximum Gasteiger partial charge on any atom is 0.243 e. The fourth-order valence-electron chi connectivity index (χ4n) is 1.68. The van der Waals surface area contributed by atoms with Gasteiger partial charge in [-0.25, -0.2) is 12.8 Å². The number of nitrogens with zero attached hydrogens (tertiary/aromatic N) is 1. The first-order valence-electron chi connectivity index (χ1n) is 6.97. The number of anilines is 1. The quantitative estimate of drug-likeness (QED) is 0.726. The lowest BCUT2D eigenvalue weighted by atomic mass is 10.3. The molecular weight excluding hydrogens is 321 g/mol. The summed E-state index contributed by atoms with van der Waals surface area (Å²) in [7, 11) is -2.39. The van der Waals surface area contributed by atoms with Crippen molar-refractivity contribution in [1.29, 1.82) is 0 Å². The number of benzene rings is 1. The zero-order chi connectivity index (χ0) is 17.6. The fraction of sp³-hybridized carbons (Fsp3) is 0.400. The van der Waals surface area contributed by atoms with E-state index < -0.39 is 21.9 Å². The van der Waals surface area contributed by atoms with Gasteiger partial charge in [0.2, 0.25) is 15.9 Å². The summed E-state index contributed by atoms with van der Waals surface area (Å²) in [4.78, 5) is 13.0. The average molecular weight is 341 g/mol. The highest BCUT2D eigenvalue weighted by atomic mass is 32.2. The standard InChI is InChI=1S/C15H20FN3O3S/c1-5-11(3)18-23(21,22)14-9-12(16)7-8-13(14)17-10-15(20)19(4)6-2/h1,7-9,11,17-18H,6,10H2,2-4H3. The van der Waals surface area contributed by atoms with Crippen LogP contribution in [0.3, 0.4) is 0 Å². The van der Waals surface area contributed by atoms with Gasteiger partial charge in [-0.15, -0.1) is 6.42 Å². The maximum atomic E-state index is 13.4. The highest BCUT2D eigenvalue weighted by Gasteiger charge is 2.21. The highest BCUT2D eigenvalue weighted by molar-refractivity contribution is 7.89. The largest absolute Gasteiger partial charge is 0.375 e. The van der Waals surface area contributed by atoms with E-state index in [1.54, 1.807) is 7.05 Å². The molecule has 0 radical (unpaired) electrons. The molecule has 126 valence electrons. The van der Waals surface area contributed by atoms with Crippen LogP contribution in [0.4, 0.5) is 10.1 Å². The number of halogens is 1. The van der Waals surface area contributed by atoms with Gasteiger partial charge in [-0.2, -0.15) is 4.72 Å². The van der Waals surface area contributed by atoms with Crippen LogP contribution < -0.4 is 10.0 Å². The molecule has 0 fully saturated rings. The number of terminal acetylenes is 1. The van der Waals surface area contributed by atoms with Crippen molar-refractivity contribution in [3.8, 4) is 12.3 Å². The number of rotatable bonds is 7. The second kappa shape index (κ2) is 7.94. The number of carbonyl (C=O) groups is 1. The second-order valence-electron chi connectivity index (χ2n) is 4.91. The Morgan fingerprint density at radius 3 is 2.70 bits per heavy atom. The zero-order valence-corrected chi connectivity index (χ0v) is 14.1. The minimum absolute atomic E-state index is 0.108. The number of sulfonamides is 1. The van der Waals surface area contributed by atoms with Crippen molar-refractivity contribution in [2.45, 2.75) is 24.8 Å². The molecule has 0 bridgehead atoms. The molecule has 1 amide bonds. The van der Waals surface area contributed by atoms with Crippen LogP contribution in [0.2, 0.25) is 0 Å². The number of hydrogen-bond acceptors (Lipinski definition) is 4. The molecule has 1 unspecified atom stereocenters. The van der Waals surface area contributed by atoms with Crippen LogP contribution >= 0.6 is 0 Å². The van der Waals surface area contributed by atoms with Crippen LogP contribution in [0.5, 0.6) is 0 Å². The molecule has 0 aliphatic rings. The van der Waals surface area contributed by atoms with Crippen LogP contribution in [0.1, 0.15) is 13.8 Å². The Labute approximate surface area is 136 Å². The average Bonchev–Trinajstić information content (AvgIpc) is 2.51. The molecule has 0 aromatic heterocycles. The van der Waals surface area contributed by atoms with Gasteiger partial charge in [-0.3, -0.25) is 4.79 Å². The summed E-state index contributed by atoms with van der Waals surface area (Å²) in [6.45, 7) is 3.72. The lowest BCUT2D eigenvalue weighted by Crippen LogP contribution is -2.34. The number of carbonyl (C=O) groups excluding carboxylic acids is 1. The summed E-state index contributed by atoms with van der Waals surface area (Å²) in [5, 5.41) is 2.72. The predicted molar refractivity (Wildman–Crippen MR) is 86.8 cm³/mol. The maximum absolute atomic E-state index is 13.4. The van der Waals surface area contributed by atoms with Crippen molar-refractivity contribution >= 4 is 21.6 Å². The van der Waals surface area contributed by atoms with E-state index in [4.69, 9.17) is 6.42 Å². The molecule has 0 saturated carbocycles. The van der Waals surface area contributed by atoms with Gasteiger partial charge >= 0.3 is 0 Å². The molecule has 1 aromatic carbocycles. The van der Waals surface area contributed by atoms with Crippen LogP contribution in [0.25, 0.3) is 0 Å². The molecule has 1 aromatic rings. The van der Waals surface area contributed by atoms with Gasteiger partial charge in [0.15, 0.2) is 0 Å². The monoisotopic (exact) mass is 341 g/mol. The first-order valence-corrected chi connectivity index (χ1v) is 8.45. The Balaban J connectivity index is 3.07.